The number of amides is 1. The van der Waals surface area contributed by atoms with E-state index in [1.165, 1.54) is 0 Å². The summed E-state index contributed by atoms with van der Waals surface area (Å²) < 4.78 is 5.07. The molecule has 0 aliphatic heterocycles. The number of carbonyl (C=O) groups is 2. The van der Waals surface area contributed by atoms with Crippen molar-refractivity contribution in [3.63, 3.8) is 0 Å². The normalized spacial score (nSPS) is 11.8. The van der Waals surface area contributed by atoms with Crippen molar-refractivity contribution in [3.05, 3.63) is 29.8 Å². The van der Waals surface area contributed by atoms with Crippen LogP contribution >= 0.6 is 0 Å². The molecule has 4 N–H and O–H groups in total. The van der Waals surface area contributed by atoms with E-state index in [1.54, 1.807) is 7.11 Å². The molecule has 6 nitrogen and oxygen atoms in total. The fourth-order valence-electron chi connectivity index (χ4n) is 1.80. The summed E-state index contributed by atoms with van der Waals surface area (Å²) in [5, 5.41) is 11.6. The zero-order valence-corrected chi connectivity index (χ0v) is 11.5. The van der Waals surface area contributed by atoms with Crippen molar-refractivity contribution in [2.45, 2.75) is 25.3 Å². The summed E-state index contributed by atoms with van der Waals surface area (Å²) in [6.45, 7) is 0.555. The van der Waals surface area contributed by atoms with Crippen LogP contribution in [0.15, 0.2) is 24.3 Å². The molecule has 0 bridgehead atoms. The Hall–Kier alpha value is -2.08. The largest absolute Gasteiger partial charge is 0.497 e. The number of rotatable bonds is 9. The lowest BCUT2D eigenvalue weighted by Gasteiger charge is -2.14. The Bertz CT molecular complexity index is 445. The molecule has 1 amide bonds. The van der Waals surface area contributed by atoms with E-state index >= 15 is 0 Å². The molecule has 6 heteroatoms. The Morgan fingerprint density at radius 1 is 1.35 bits per heavy atom. The van der Waals surface area contributed by atoms with Crippen LogP contribution in [0.5, 0.6) is 5.75 Å². The van der Waals surface area contributed by atoms with Gasteiger partial charge in [-0.1, -0.05) is 12.1 Å². The number of nitrogens with one attached hydrogen (secondary N) is 1. The highest BCUT2D eigenvalue weighted by molar-refractivity contribution is 5.80. The molecule has 0 fully saturated rings. The molecular weight excluding hydrogens is 260 g/mol. The van der Waals surface area contributed by atoms with Crippen LogP contribution in [0, 0.1) is 0 Å². The second-order valence-electron chi connectivity index (χ2n) is 4.44. The smallest absolute Gasteiger partial charge is 0.303 e. The van der Waals surface area contributed by atoms with Gasteiger partial charge in [-0.05, 0) is 37.1 Å². The second-order valence-corrected chi connectivity index (χ2v) is 4.44. The lowest BCUT2D eigenvalue weighted by molar-refractivity contribution is -0.137. The first-order valence-electron chi connectivity index (χ1n) is 6.40. The van der Waals surface area contributed by atoms with Crippen molar-refractivity contribution in [2.75, 3.05) is 13.7 Å². The summed E-state index contributed by atoms with van der Waals surface area (Å²) in [5.74, 6) is -0.674. The van der Waals surface area contributed by atoms with Crippen molar-refractivity contribution in [3.8, 4) is 5.75 Å². The first kappa shape index (κ1) is 16.0. The van der Waals surface area contributed by atoms with Gasteiger partial charge in [-0.25, -0.2) is 0 Å². The number of aliphatic carboxylic acids is 1. The molecule has 0 saturated heterocycles. The number of methoxy groups -OCH3 is 1. The third kappa shape index (κ3) is 5.71. The molecule has 1 atom stereocenters. The second kappa shape index (κ2) is 8.16. The van der Waals surface area contributed by atoms with E-state index in [1.807, 2.05) is 24.3 Å². The molecule has 0 radical (unpaired) electrons. The van der Waals surface area contributed by atoms with Crippen LogP contribution in [0.4, 0.5) is 0 Å². The van der Waals surface area contributed by atoms with Gasteiger partial charge >= 0.3 is 5.97 Å². The summed E-state index contributed by atoms with van der Waals surface area (Å²) in [5.41, 5.74) is 6.33. The number of carboxylic acids is 1. The summed E-state index contributed by atoms with van der Waals surface area (Å²) in [6.07, 6.45) is 0.845. The standard InChI is InChI=1S/C14H20N2O4/c1-20-11-4-2-10(3-5-11)8-9-16-12(14(15)19)6-7-13(17)18/h2-5,12,16H,6-9H2,1H3,(H2,15,19)(H,17,18)/t12-/m0/s1. The predicted molar refractivity (Wildman–Crippen MR) is 74.6 cm³/mol. The van der Waals surface area contributed by atoms with Crippen LogP contribution in [0.3, 0.4) is 0 Å². The monoisotopic (exact) mass is 280 g/mol. The van der Waals surface area contributed by atoms with E-state index in [4.69, 9.17) is 15.6 Å². The van der Waals surface area contributed by atoms with Gasteiger partial charge in [-0.15, -0.1) is 0 Å². The molecule has 0 heterocycles. The molecule has 0 unspecified atom stereocenters. The minimum absolute atomic E-state index is 0.0802. The zero-order valence-electron chi connectivity index (χ0n) is 11.5. The van der Waals surface area contributed by atoms with Gasteiger partial charge in [0.1, 0.15) is 5.75 Å². The molecular formula is C14H20N2O4. The number of hydrogen-bond donors (Lipinski definition) is 3. The zero-order chi connectivity index (χ0) is 15.0. The van der Waals surface area contributed by atoms with E-state index in [0.29, 0.717) is 6.54 Å². The molecule has 110 valence electrons. The van der Waals surface area contributed by atoms with Gasteiger partial charge in [-0.3, -0.25) is 9.59 Å². The fraction of sp³-hybridized carbons (Fsp3) is 0.429. The van der Waals surface area contributed by atoms with Crippen molar-refractivity contribution in [1.82, 2.24) is 5.32 Å². The highest BCUT2D eigenvalue weighted by atomic mass is 16.5. The average molecular weight is 280 g/mol. The summed E-state index contributed by atoms with van der Waals surface area (Å²) in [7, 11) is 1.61. The Kier molecular flexibility index (Phi) is 6.52. The molecule has 0 spiro atoms. The first-order valence-corrected chi connectivity index (χ1v) is 6.40. The number of carboxylic acid groups (broad SMARTS) is 1. The van der Waals surface area contributed by atoms with Crippen LogP contribution in [-0.4, -0.2) is 36.7 Å². The molecule has 1 aromatic carbocycles. The minimum atomic E-state index is -0.937. The summed E-state index contributed by atoms with van der Waals surface area (Å²) in [4.78, 5) is 21.7. The van der Waals surface area contributed by atoms with Gasteiger partial charge in [0.25, 0.3) is 0 Å². The van der Waals surface area contributed by atoms with E-state index < -0.39 is 17.9 Å². The van der Waals surface area contributed by atoms with Crippen LogP contribution < -0.4 is 15.8 Å². The molecule has 1 rings (SSSR count). The quantitative estimate of drug-likeness (QED) is 0.613. The molecule has 20 heavy (non-hydrogen) atoms. The number of nitrogens with two attached hydrogens (primary N) is 1. The molecule has 1 aromatic rings. The summed E-state index contributed by atoms with van der Waals surface area (Å²) in [6, 6.07) is 7.01. The number of carbonyl (C=O) groups excluding carboxylic acids is 1. The average Bonchev–Trinajstić information content (AvgIpc) is 2.42. The maximum Gasteiger partial charge on any atom is 0.303 e. The Morgan fingerprint density at radius 3 is 2.50 bits per heavy atom. The van der Waals surface area contributed by atoms with Crippen molar-refractivity contribution < 1.29 is 19.4 Å². The predicted octanol–water partition coefficient (Wildman–Crippen LogP) is 0.546. The summed E-state index contributed by atoms with van der Waals surface area (Å²) >= 11 is 0. The maximum absolute atomic E-state index is 11.2. The maximum atomic E-state index is 11.2. The molecule has 0 aliphatic rings. The lowest BCUT2D eigenvalue weighted by Crippen LogP contribution is -2.42. The Labute approximate surface area is 117 Å². The van der Waals surface area contributed by atoms with Gasteiger partial charge in [0.2, 0.25) is 5.91 Å². The van der Waals surface area contributed by atoms with E-state index in [-0.39, 0.29) is 12.8 Å². The molecule has 0 saturated carbocycles. The molecule has 0 aliphatic carbocycles. The topological polar surface area (TPSA) is 102 Å². The van der Waals surface area contributed by atoms with Crippen LogP contribution in [0.25, 0.3) is 0 Å². The van der Waals surface area contributed by atoms with Gasteiger partial charge in [-0.2, -0.15) is 0 Å². The van der Waals surface area contributed by atoms with E-state index in [2.05, 4.69) is 5.32 Å². The van der Waals surface area contributed by atoms with Crippen molar-refractivity contribution in [2.24, 2.45) is 5.73 Å². The lowest BCUT2D eigenvalue weighted by atomic mass is 10.1. The highest BCUT2D eigenvalue weighted by Crippen LogP contribution is 2.11. The van der Waals surface area contributed by atoms with Crippen LogP contribution in [-0.2, 0) is 16.0 Å². The fourth-order valence-corrected chi connectivity index (χ4v) is 1.80. The first-order chi connectivity index (χ1) is 9.52. The van der Waals surface area contributed by atoms with Crippen LogP contribution in [0.2, 0.25) is 0 Å². The van der Waals surface area contributed by atoms with Gasteiger partial charge < -0.3 is 20.9 Å². The third-order valence-electron chi connectivity index (χ3n) is 2.95. The minimum Gasteiger partial charge on any atom is -0.497 e. The van der Waals surface area contributed by atoms with Gasteiger partial charge in [0, 0.05) is 6.42 Å². The molecule has 0 aromatic heterocycles. The number of hydrogen-bond acceptors (Lipinski definition) is 4. The van der Waals surface area contributed by atoms with Crippen molar-refractivity contribution in [1.29, 1.82) is 0 Å². The Balaban J connectivity index is 2.39. The van der Waals surface area contributed by atoms with Gasteiger partial charge in [0.15, 0.2) is 0 Å². The van der Waals surface area contributed by atoms with E-state index in [9.17, 15) is 9.59 Å². The number of ether oxygens (including phenoxy) is 1. The number of benzene rings is 1. The van der Waals surface area contributed by atoms with Gasteiger partial charge in [0.05, 0.1) is 13.2 Å². The SMILES string of the molecule is COc1ccc(CCN[C@@H](CCC(=O)O)C(N)=O)cc1. The Morgan fingerprint density at radius 2 is 2.00 bits per heavy atom. The number of primary amides is 1. The highest BCUT2D eigenvalue weighted by Gasteiger charge is 2.15. The van der Waals surface area contributed by atoms with Crippen molar-refractivity contribution >= 4 is 11.9 Å². The van der Waals surface area contributed by atoms with Crippen LogP contribution in [0.1, 0.15) is 18.4 Å². The van der Waals surface area contributed by atoms with E-state index in [0.717, 1.165) is 17.7 Å². The third-order valence-corrected chi connectivity index (χ3v) is 2.95.